The van der Waals surface area contributed by atoms with E-state index in [-0.39, 0.29) is 0 Å². The minimum Gasteiger partial charge on any atom is -0.492 e. The van der Waals surface area contributed by atoms with E-state index >= 15 is 0 Å². The first-order valence-corrected chi connectivity index (χ1v) is 9.51. The molecule has 152 valence electrons. The van der Waals surface area contributed by atoms with Crippen molar-refractivity contribution in [3.63, 3.8) is 0 Å². The average molecular weight is 403 g/mol. The lowest BCUT2D eigenvalue weighted by atomic mass is 10.0. The maximum Gasteiger partial charge on any atom is 0.345 e. The highest BCUT2D eigenvalue weighted by Crippen LogP contribution is 2.39. The fourth-order valence-electron chi connectivity index (χ4n) is 3.34. The summed E-state index contributed by atoms with van der Waals surface area (Å²) in [5.41, 5.74) is 1.69. The molecular weight excluding hydrogens is 382 g/mol. The van der Waals surface area contributed by atoms with Gasteiger partial charge in [-0.3, -0.25) is 0 Å². The lowest BCUT2D eigenvalue weighted by Crippen LogP contribution is -2.12. The highest BCUT2D eigenvalue weighted by molar-refractivity contribution is 6.17. The van der Waals surface area contributed by atoms with Crippen LogP contribution in [0.1, 0.15) is 10.4 Å². The van der Waals surface area contributed by atoms with Gasteiger partial charge in [-0.2, -0.15) is 0 Å². The van der Waals surface area contributed by atoms with Crippen LogP contribution in [0.25, 0.3) is 21.8 Å². The minimum absolute atomic E-state index is 0.350. The van der Waals surface area contributed by atoms with Crippen molar-refractivity contribution in [1.29, 1.82) is 0 Å². The number of fused-ring (bicyclic) bond motifs is 2. The number of hydrogen-bond acceptors (Lipinski definition) is 6. The summed E-state index contributed by atoms with van der Waals surface area (Å²) in [5, 5.41) is 1.23. The molecule has 4 aromatic rings. The number of benzene rings is 3. The maximum atomic E-state index is 13.3. The molecule has 0 unspecified atom stereocenters. The Hall–Kier alpha value is -3.64. The van der Waals surface area contributed by atoms with Gasteiger partial charge in [0.15, 0.2) is 11.5 Å². The average Bonchev–Trinajstić information content (AvgIpc) is 2.78. The number of hydrogen-bond donors (Lipinski definition) is 0. The van der Waals surface area contributed by atoms with Gasteiger partial charge in [0.25, 0.3) is 0 Å². The number of carbonyl (C=O) groups excluding carboxylic acids is 1. The first-order valence-electron chi connectivity index (χ1n) is 9.51. The standard InChI is InChI=1S/C24H21NO5/c1-27-14-15-29-20-13-12-19-22(23(20)28-2)21(17-10-6-7-11-18(17)25-19)24(26)30-16-8-4-3-5-9-16/h3-13H,14-15H2,1-2H3. The highest BCUT2D eigenvalue weighted by atomic mass is 16.5. The predicted octanol–water partition coefficient (Wildman–Crippen LogP) is 4.64. The Morgan fingerprint density at radius 1 is 0.867 bits per heavy atom. The van der Waals surface area contributed by atoms with Crippen molar-refractivity contribution in [3.05, 3.63) is 72.3 Å². The van der Waals surface area contributed by atoms with Crippen LogP contribution in [-0.2, 0) is 4.74 Å². The number of nitrogens with zero attached hydrogens (tertiary/aromatic N) is 1. The van der Waals surface area contributed by atoms with Crippen LogP contribution < -0.4 is 14.2 Å². The van der Waals surface area contributed by atoms with Crippen LogP contribution in [0.2, 0.25) is 0 Å². The third kappa shape index (κ3) is 3.77. The summed E-state index contributed by atoms with van der Waals surface area (Å²) in [6.45, 7) is 0.781. The van der Waals surface area contributed by atoms with Gasteiger partial charge in [-0.05, 0) is 30.3 Å². The van der Waals surface area contributed by atoms with Crippen molar-refractivity contribution in [2.24, 2.45) is 0 Å². The van der Waals surface area contributed by atoms with Crippen molar-refractivity contribution in [3.8, 4) is 17.2 Å². The van der Waals surface area contributed by atoms with Crippen molar-refractivity contribution in [1.82, 2.24) is 4.98 Å². The summed E-state index contributed by atoms with van der Waals surface area (Å²) in [5.74, 6) is 0.912. The number of ether oxygens (including phenoxy) is 4. The van der Waals surface area contributed by atoms with Crippen LogP contribution in [0, 0.1) is 0 Å². The Labute approximate surface area is 174 Å². The molecule has 0 radical (unpaired) electrons. The molecule has 0 fully saturated rings. The predicted molar refractivity (Wildman–Crippen MR) is 115 cm³/mol. The molecule has 30 heavy (non-hydrogen) atoms. The number of aromatic nitrogens is 1. The van der Waals surface area contributed by atoms with E-state index < -0.39 is 5.97 Å². The number of rotatable bonds is 7. The normalized spacial score (nSPS) is 10.9. The molecular formula is C24H21NO5. The van der Waals surface area contributed by atoms with Gasteiger partial charge in [-0.1, -0.05) is 36.4 Å². The third-order valence-electron chi connectivity index (χ3n) is 4.67. The Morgan fingerprint density at radius 3 is 2.40 bits per heavy atom. The largest absolute Gasteiger partial charge is 0.492 e. The zero-order valence-corrected chi connectivity index (χ0v) is 16.8. The van der Waals surface area contributed by atoms with Gasteiger partial charge in [-0.25, -0.2) is 9.78 Å². The monoisotopic (exact) mass is 403 g/mol. The second-order valence-corrected chi connectivity index (χ2v) is 6.54. The zero-order valence-electron chi connectivity index (χ0n) is 16.8. The molecule has 0 saturated heterocycles. The summed E-state index contributed by atoms with van der Waals surface area (Å²) >= 11 is 0. The molecule has 0 bridgehead atoms. The fraction of sp³-hybridized carbons (Fsp3) is 0.167. The van der Waals surface area contributed by atoms with E-state index in [0.717, 1.165) is 0 Å². The zero-order chi connectivity index (χ0) is 20.9. The van der Waals surface area contributed by atoms with Crippen molar-refractivity contribution in [2.75, 3.05) is 27.4 Å². The summed E-state index contributed by atoms with van der Waals surface area (Å²) in [6.07, 6.45) is 0. The number of carbonyl (C=O) groups is 1. The molecule has 1 aromatic heterocycles. The third-order valence-corrected chi connectivity index (χ3v) is 4.67. The van der Waals surface area contributed by atoms with E-state index in [1.165, 1.54) is 0 Å². The van der Waals surface area contributed by atoms with Gasteiger partial charge in [0.1, 0.15) is 12.4 Å². The van der Waals surface area contributed by atoms with Crippen LogP contribution in [0.3, 0.4) is 0 Å². The summed E-state index contributed by atoms with van der Waals surface area (Å²) < 4.78 is 22.2. The van der Waals surface area contributed by atoms with Crippen LogP contribution in [0.5, 0.6) is 17.2 Å². The SMILES string of the molecule is COCCOc1ccc2nc3ccccc3c(C(=O)Oc3ccccc3)c2c1OC. The Bertz CT molecular complexity index is 1190. The van der Waals surface area contributed by atoms with E-state index in [9.17, 15) is 4.79 Å². The fourth-order valence-corrected chi connectivity index (χ4v) is 3.34. The first kappa shape index (κ1) is 19.7. The van der Waals surface area contributed by atoms with Crippen LogP contribution in [-0.4, -0.2) is 38.4 Å². The highest BCUT2D eigenvalue weighted by Gasteiger charge is 2.23. The molecule has 0 aliphatic rings. The van der Waals surface area contributed by atoms with E-state index in [4.69, 9.17) is 23.9 Å². The van der Waals surface area contributed by atoms with Gasteiger partial charge in [0.05, 0.1) is 35.7 Å². The molecule has 0 amide bonds. The Balaban J connectivity index is 1.93. The topological polar surface area (TPSA) is 66.9 Å². The number of methoxy groups -OCH3 is 2. The summed E-state index contributed by atoms with van der Waals surface area (Å²) in [4.78, 5) is 18.0. The van der Waals surface area contributed by atoms with Gasteiger partial charge < -0.3 is 18.9 Å². The first-order chi connectivity index (χ1) is 14.7. The molecule has 6 heteroatoms. The lowest BCUT2D eigenvalue weighted by Gasteiger charge is -2.16. The van der Waals surface area contributed by atoms with Gasteiger partial charge >= 0.3 is 5.97 Å². The van der Waals surface area contributed by atoms with Crippen molar-refractivity contribution < 1.29 is 23.7 Å². The molecule has 4 rings (SSSR count). The molecule has 0 spiro atoms. The second-order valence-electron chi connectivity index (χ2n) is 6.54. The van der Waals surface area contributed by atoms with Crippen LogP contribution in [0.15, 0.2) is 66.7 Å². The van der Waals surface area contributed by atoms with Crippen LogP contribution in [0.4, 0.5) is 0 Å². The number of esters is 1. The molecule has 0 aliphatic carbocycles. The second kappa shape index (κ2) is 8.80. The van der Waals surface area contributed by atoms with Crippen molar-refractivity contribution in [2.45, 2.75) is 0 Å². The smallest absolute Gasteiger partial charge is 0.345 e. The Kier molecular flexibility index (Phi) is 5.77. The van der Waals surface area contributed by atoms with Gasteiger partial charge in [-0.15, -0.1) is 0 Å². The van der Waals surface area contributed by atoms with E-state index in [0.29, 0.717) is 57.8 Å². The van der Waals surface area contributed by atoms with E-state index in [2.05, 4.69) is 0 Å². The molecule has 1 heterocycles. The molecule has 0 aliphatic heterocycles. The molecule has 6 nitrogen and oxygen atoms in total. The molecule has 0 N–H and O–H groups in total. The molecule has 0 atom stereocenters. The molecule has 0 saturated carbocycles. The van der Waals surface area contributed by atoms with Gasteiger partial charge in [0.2, 0.25) is 0 Å². The number of para-hydroxylation sites is 2. The Morgan fingerprint density at radius 2 is 1.63 bits per heavy atom. The summed E-state index contributed by atoms with van der Waals surface area (Å²) in [6, 6.07) is 20.0. The van der Waals surface area contributed by atoms with Gasteiger partial charge in [0, 0.05) is 12.5 Å². The molecule has 3 aromatic carbocycles. The van der Waals surface area contributed by atoms with E-state index in [1.54, 1.807) is 32.4 Å². The van der Waals surface area contributed by atoms with E-state index in [1.807, 2.05) is 48.5 Å². The summed E-state index contributed by atoms with van der Waals surface area (Å²) in [7, 11) is 3.15. The maximum absolute atomic E-state index is 13.3. The van der Waals surface area contributed by atoms with Crippen LogP contribution >= 0.6 is 0 Å². The van der Waals surface area contributed by atoms with Crippen molar-refractivity contribution >= 4 is 27.8 Å². The minimum atomic E-state index is -0.489. The lowest BCUT2D eigenvalue weighted by molar-refractivity contribution is 0.0738. The number of pyridine rings is 1. The quantitative estimate of drug-likeness (QED) is 0.194.